The number of carbonyl (C=O) groups excluding carboxylic acids is 1. The quantitative estimate of drug-likeness (QED) is 0.651. The number of hydrogen-bond donors (Lipinski definition) is 3. The molecule has 1 aliphatic heterocycles. The van der Waals surface area contributed by atoms with Crippen LogP contribution in [0.5, 0.6) is 0 Å². The highest BCUT2D eigenvalue weighted by atomic mass is 32.1. The SMILES string of the molecule is O=C(O)CCCNC(=O)N1CCOCC1CC(O)c1cccs1. The van der Waals surface area contributed by atoms with Gasteiger partial charge in [-0.3, -0.25) is 4.79 Å². The number of urea groups is 1. The summed E-state index contributed by atoms with van der Waals surface area (Å²) in [5, 5.41) is 23.5. The Balaban J connectivity index is 1.84. The number of aliphatic hydroxyl groups is 1. The number of aliphatic hydroxyl groups excluding tert-OH is 1. The lowest BCUT2D eigenvalue weighted by molar-refractivity contribution is -0.137. The first-order chi connectivity index (χ1) is 11.1. The molecular formula is C15H22N2O5S. The van der Waals surface area contributed by atoms with Crippen molar-refractivity contribution in [3.63, 3.8) is 0 Å². The first-order valence-electron chi connectivity index (χ1n) is 7.63. The maximum Gasteiger partial charge on any atom is 0.317 e. The van der Waals surface area contributed by atoms with Gasteiger partial charge in [-0.1, -0.05) is 6.07 Å². The van der Waals surface area contributed by atoms with Crippen molar-refractivity contribution < 1.29 is 24.5 Å². The average molecular weight is 342 g/mol. The predicted molar refractivity (Wildman–Crippen MR) is 85.5 cm³/mol. The van der Waals surface area contributed by atoms with Gasteiger partial charge >= 0.3 is 12.0 Å². The van der Waals surface area contributed by atoms with E-state index in [2.05, 4.69) is 5.32 Å². The summed E-state index contributed by atoms with van der Waals surface area (Å²) in [7, 11) is 0. The molecule has 2 amide bonds. The molecule has 1 aromatic heterocycles. The number of carbonyl (C=O) groups is 2. The van der Waals surface area contributed by atoms with E-state index in [9.17, 15) is 14.7 Å². The number of nitrogens with zero attached hydrogens (tertiary/aromatic N) is 1. The third-order valence-electron chi connectivity index (χ3n) is 3.70. The number of carboxylic acids is 1. The Hall–Kier alpha value is -1.64. The van der Waals surface area contributed by atoms with Gasteiger partial charge in [-0.2, -0.15) is 0 Å². The number of nitrogens with one attached hydrogen (secondary N) is 1. The Bertz CT molecular complexity index is 508. The van der Waals surface area contributed by atoms with Gasteiger partial charge in [-0.05, 0) is 17.9 Å². The molecular weight excluding hydrogens is 320 g/mol. The van der Waals surface area contributed by atoms with Crippen LogP contribution in [0.3, 0.4) is 0 Å². The maximum absolute atomic E-state index is 12.3. The third-order valence-corrected chi connectivity index (χ3v) is 4.67. The van der Waals surface area contributed by atoms with Gasteiger partial charge in [0.05, 0.1) is 25.4 Å². The molecule has 1 saturated heterocycles. The van der Waals surface area contributed by atoms with Crippen LogP contribution in [0.1, 0.15) is 30.2 Å². The first kappa shape index (κ1) is 17.7. The van der Waals surface area contributed by atoms with E-state index in [0.29, 0.717) is 39.1 Å². The fraction of sp³-hybridized carbons (Fsp3) is 0.600. The number of aliphatic carboxylic acids is 1. The summed E-state index contributed by atoms with van der Waals surface area (Å²) in [6, 6.07) is 3.32. The van der Waals surface area contributed by atoms with Crippen molar-refractivity contribution in [2.45, 2.75) is 31.4 Å². The molecule has 2 unspecified atom stereocenters. The summed E-state index contributed by atoms with van der Waals surface area (Å²) in [4.78, 5) is 25.3. The number of morpholine rings is 1. The lowest BCUT2D eigenvalue weighted by Gasteiger charge is -2.36. The van der Waals surface area contributed by atoms with Crippen molar-refractivity contribution in [1.29, 1.82) is 0 Å². The molecule has 0 bridgehead atoms. The van der Waals surface area contributed by atoms with E-state index in [4.69, 9.17) is 9.84 Å². The first-order valence-corrected chi connectivity index (χ1v) is 8.51. The van der Waals surface area contributed by atoms with Gasteiger partial charge in [0.25, 0.3) is 0 Å². The number of hydrogen-bond acceptors (Lipinski definition) is 5. The summed E-state index contributed by atoms with van der Waals surface area (Å²) in [6.45, 7) is 1.65. The molecule has 2 atom stereocenters. The second-order valence-corrected chi connectivity index (χ2v) is 6.40. The van der Waals surface area contributed by atoms with Crippen LogP contribution in [0.4, 0.5) is 4.79 Å². The Labute approximate surface area is 138 Å². The highest BCUT2D eigenvalue weighted by molar-refractivity contribution is 7.10. The number of amides is 2. The fourth-order valence-electron chi connectivity index (χ4n) is 2.51. The molecule has 0 radical (unpaired) electrons. The van der Waals surface area contributed by atoms with Crippen LogP contribution in [0.25, 0.3) is 0 Å². The van der Waals surface area contributed by atoms with Gasteiger partial charge in [-0.25, -0.2) is 4.79 Å². The van der Waals surface area contributed by atoms with Crippen LogP contribution < -0.4 is 5.32 Å². The highest BCUT2D eigenvalue weighted by Crippen LogP contribution is 2.25. The average Bonchev–Trinajstić information content (AvgIpc) is 3.06. The molecule has 0 aliphatic carbocycles. The predicted octanol–water partition coefficient (Wildman–Crippen LogP) is 1.45. The zero-order chi connectivity index (χ0) is 16.7. The van der Waals surface area contributed by atoms with Crippen molar-refractivity contribution in [3.05, 3.63) is 22.4 Å². The minimum Gasteiger partial charge on any atom is -0.481 e. The van der Waals surface area contributed by atoms with Crippen molar-refractivity contribution in [1.82, 2.24) is 10.2 Å². The Kier molecular flexibility index (Phi) is 6.82. The van der Waals surface area contributed by atoms with Crippen LogP contribution in [-0.4, -0.2) is 59.5 Å². The molecule has 1 aromatic rings. The molecule has 1 aliphatic rings. The summed E-state index contributed by atoms with van der Waals surface area (Å²) in [5.41, 5.74) is 0. The summed E-state index contributed by atoms with van der Waals surface area (Å²) in [5.74, 6) is -0.873. The minimum absolute atomic E-state index is 0.0317. The second kappa shape index (κ2) is 8.85. The normalized spacial score (nSPS) is 19.3. The Morgan fingerprint density at radius 3 is 3.04 bits per heavy atom. The lowest BCUT2D eigenvalue weighted by Crippen LogP contribution is -2.53. The van der Waals surface area contributed by atoms with Crippen molar-refractivity contribution >= 4 is 23.3 Å². The van der Waals surface area contributed by atoms with E-state index in [1.165, 1.54) is 11.3 Å². The number of carboxylic acid groups (broad SMARTS) is 1. The van der Waals surface area contributed by atoms with Crippen molar-refractivity contribution in [2.24, 2.45) is 0 Å². The largest absolute Gasteiger partial charge is 0.481 e. The number of ether oxygens (including phenoxy) is 1. The maximum atomic E-state index is 12.3. The highest BCUT2D eigenvalue weighted by Gasteiger charge is 2.29. The smallest absolute Gasteiger partial charge is 0.317 e. The topological polar surface area (TPSA) is 99.1 Å². The van der Waals surface area contributed by atoms with Crippen LogP contribution in [-0.2, 0) is 9.53 Å². The summed E-state index contributed by atoms with van der Waals surface area (Å²) >= 11 is 1.48. The molecule has 2 heterocycles. The van der Waals surface area contributed by atoms with Crippen LogP contribution in [0, 0.1) is 0 Å². The minimum atomic E-state index is -0.873. The van der Waals surface area contributed by atoms with Gasteiger partial charge < -0.3 is 25.2 Å². The second-order valence-electron chi connectivity index (χ2n) is 5.42. The van der Waals surface area contributed by atoms with Gasteiger partial charge in [0.2, 0.25) is 0 Å². The molecule has 128 valence electrons. The van der Waals surface area contributed by atoms with E-state index < -0.39 is 12.1 Å². The van der Waals surface area contributed by atoms with Crippen molar-refractivity contribution in [2.75, 3.05) is 26.3 Å². The van der Waals surface area contributed by atoms with Crippen LogP contribution in [0.15, 0.2) is 17.5 Å². The summed E-state index contributed by atoms with van der Waals surface area (Å²) < 4.78 is 5.43. The van der Waals surface area contributed by atoms with Gasteiger partial charge in [0.15, 0.2) is 0 Å². The van der Waals surface area contributed by atoms with Crippen LogP contribution >= 0.6 is 11.3 Å². The van der Waals surface area contributed by atoms with Crippen molar-refractivity contribution in [3.8, 4) is 0 Å². The molecule has 23 heavy (non-hydrogen) atoms. The van der Waals surface area contributed by atoms with E-state index in [1.807, 2.05) is 17.5 Å². The third kappa shape index (κ3) is 5.49. The van der Waals surface area contributed by atoms with E-state index in [-0.39, 0.29) is 18.5 Å². The molecule has 0 saturated carbocycles. The molecule has 2 rings (SSSR count). The van der Waals surface area contributed by atoms with Gasteiger partial charge in [-0.15, -0.1) is 11.3 Å². The number of thiophene rings is 1. The van der Waals surface area contributed by atoms with Gasteiger partial charge in [0, 0.05) is 30.8 Å². The summed E-state index contributed by atoms with van der Waals surface area (Å²) in [6.07, 6.45) is 0.227. The van der Waals surface area contributed by atoms with E-state index >= 15 is 0 Å². The van der Waals surface area contributed by atoms with E-state index in [1.54, 1.807) is 4.90 Å². The molecule has 0 spiro atoms. The zero-order valence-electron chi connectivity index (χ0n) is 12.8. The van der Waals surface area contributed by atoms with E-state index in [0.717, 1.165) is 4.88 Å². The molecule has 1 fully saturated rings. The van der Waals surface area contributed by atoms with Crippen LogP contribution in [0.2, 0.25) is 0 Å². The Morgan fingerprint density at radius 1 is 1.52 bits per heavy atom. The monoisotopic (exact) mass is 342 g/mol. The fourth-order valence-corrected chi connectivity index (χ4v) is 3.23. The standard InChI is InChI=1S/C15H22N2O5S/c18-12(13-3-2-8-23-13)9-11-10-22-7-6-17(11)15(21)16-5-1-4-14(19)20/h2-3,8,11-12,18H,1,4-7,9-10H2,(H,16,21)(H,19,20). The zero-order valence-corrected chi connectivity index (χ0v) is 13.6. The molecule has 3 N–H and O–H groups in total. The molecule has 7 nitrogen and oxygen atoms in total. The number of rotatable bonds is 7. The molecule has 0 aromatic carbocycles. The Morgan fingerprint density at radius 2 is 2.35 bits per heavy atom. The van der Waals surface area contributed by atoms with Gasteiger partial charge in [0.1, 0.15) is 0 Å². The lowest BCUT2D eigenvalue weighted by atomic mass is 10.1. The molecule has 8 heteroatoms.